The molecule has 0 aromatic heterocycles. The summed E-state index contributed by atoms with van der Waals surface area (Å²) in [7, 11) is -3.84. The molecular formula is C13H15BrN2O3S. The third-order valence-electron chi connectivity index (χ3n) is 4.15. The number of primary sulfonamides is 1. The molecule has 2 bridgehead atoms. The molecular weight excluding hydrogens is 344 g/mol. The number of rotatable bonds is 2. The van der Waals surface area contributed by atoms with E-state index >= 15 is 0 Å². The molecule has 20 heavy (non-hydrogen) atoms. The van der Waals surface area contributed by atoms with Crippen molar-refractivity contribution in [3.63, 3.8) is 0 Å². The maximum absolute atomic E-state index is 12.5. The van der Waals surface area contributed by atoms with Gasteiger partial charge in [-0.15, -0.1) is 0 Å². The highest BCUT2D eigenvalue weighted by Crippen LogP contribution is 2.38. The molecule has 2 fully saturated rings. The fourth-order valence-electron chi connectivity index (χ4n) is 3.19. The van der Waals surface area contributed by atoms with Gasteiger partial charge in [-0.2, -0.15) is 0 Å². The lowest BCUT2D eigenvalue weighted by Gasteiger charge is -2.27. The van der Waals surface area contributed by atoms with E-state index in [0.717, 1.165) is 19.4 Å². The second kappa shape index (κ2) is 4.82. The molecule has 1 heterocycles. The Kier molecular flexibility index (Phi) is 3.38. The lowest BCUT2D eigenvalue weighted by Crippen LogP contribution is -2.37. The molecule has 3 rings (SSSR count). The van der Waals surface area contributed by atoms with E-state index in [0.29, 0.717) is 22.0 Å². The molecule has 2 unspecified atom stereocenters. The predicted octanol–water partition coefficient (Wildman–Crippen LogP) is 1.72. The van der Waals surface area contributed by atoms with E-state index in [2.05, 4.69) is 15.9 Å². The molecule has 1 aromatic rings. The Balaban J connectivity index is 1.93. The summed E-state index contributed by atoms with van der Waals surface area (Å²) in [5, 5.41) is 5.16. The average Bonchev–Trinajstić information content (AvgIpc) is 2.99. The fourth-order valence-corrected chi connectivity index (χ4v) is 4.75. The maximum atomic E-state index is 12.5. The van der Waals surface area contributed by atoms with Gasteiger partial charge in [-0.1, -0.05) is 0 Å². The molecule has 1 aromatic carbocycles. The average molecular weight is 359 g/mol. The number of nitrogens with zero attached hydrogens (tertiary/aromatic N) is 1. The van der Waals surface area contributed by atoms with Gasteiger partial charge >= 0.3 is 0 Å². The molecule has 108 valence electrons. The number of nitrogens with two attached hydrogens (primary N) is 1. The third kappa shape index (κ3) is 2.38. The number of hydrogen-bond acceptors (Lipinski definition) is 3. The van der Waals surface area contributed by atoms with E-state index in [-0.39, 0.29) is 10.8 Å². The zero-order valence-electron chi connectivity index (χ0n) is 10.8. The number of fused-ring (bicyclic) bond motifs is 2. The monoisotopic (exact) mass is 358 g/mol. The lowest BCUT2D eigenvalue weighted by molar-refractivity contribution is 0.0703. The summed E-state index contributed by atoms with van der Waals surface area (Å²) in [5.74, 6) is 0.506. The largest absolute Gasteiger partial charge is 0.335 e. The summed E-state index contributed by atoms with van der Waals surface area (Å²) >= 11 is 3.15. The fraction of sp³-hybridized carbons (Fsp3) is 0.462. The second-order valence-corrected chi connectivity index (χ2v) is 7.86. The van der Waals surface area contributed by atoms with Gasteiger partial charge in [0, 0.05) is 22.6 Å². The van der Waals surface area contributed by atoms with E-state index in [1.165, 1.54) is 12.5 Å². The van der Waals surface area contributed by atoms with Gasteiger partial charge in [0.05, 0.1) is 4.90 Å². The standard InChI is InChI=1S/C13H15BrN2O3S/c14-11-4-2-9(6-12(11)20(15,18)19)13(17)16-7-8-1-3-10(16)5-8/h2,4,6,8,10H,1,3,5,7H2,(H2,15,18,19). The van der Waals surface area contributed by atoms with Crippen LogP contribution >= 0.6 is 15.9 Å². The molecule has 5 nitrogen and oxygen atoms in total. The number of likely N-dealkylation sites (tertiary alicyclic amines) is 1. The summed E-state index contributed by atoms with van der Waals surface area (Å²) in [4.78, 5) is 14.3. The van der Waals surface area contributed by atoms with Crippen molar-refractivity contribution < 1.29 is 13.2 Å². The van der Waals surface area contributed by atoms with Crippen LogP contribution in [0.4, 0.5) is 0 Å². The number of halogens is 1. The summed E-state index contributed by atoms with van der Waals surface area (Å²) in [6, 6.07) is 4.86. The number of carbonyl (C=O) groups is 1. The smallest absolute Gasteiger partial charge is 0.254 e. The van der Waals surface area contributed by atoms with Crippen LogP contribution in [0.25, 0.3) is 0 Å². The van der Waals surface area contributed by atoms with Crippen molar-refractivity contribution in [1.82, 2.24) is 4.90 Å². The van der Waals surface area contributed by atoms with Gasteiger partial charge in [-0.3, -0.25) is 4.79 Å². The van der Waals surface area contributed by atoms with Crippen LogP contribution in [0.15, 0.2) is 27.6 Å². The summed E-state index contributed by atoms with van der Waals surface area (Å²) in [6.45, 7) is 0.782. The molecule has 7 heteroatoms. The van der Waals surface area contributed by atoms with Crippen molar-refractivity contribution in [2.45, 2.75) is 30.2 Å². The highest BCUT2D eigenvalue weighted by molar-refractivity contribution is 9.10. The Labute approximate surface area is 126 Å². The SMILES string of the molecule is NS(=O)(=O)c1cc(C(=O)N2CC3CCC2C3)ccc1Br. The summed E-state index contributed by atoms with van der Waals surface area (Å²) < 4.78 is 23.4. The zero-order valence-corrected chi connectivity index (χ0v) is 13.2. The minimum atomic E-state index is -3.84. The summed E-state index contributed by atoms with van der Waals surface area (Å²) in [5.41, 5.74) is 0.379. The van der Waals surface area contributed by atoms with Crippen LogP contribution in [0.2, 0.25) is 0 Å². The molecule has 1 saturated carbocycles. The highest BCUT2D eigenvalue weighted by atomic mass is 79.9. The molecule has 2 atom stereocenters. The van der Waals surface area contributed by atoms with Gasteiger partial charge in [0.25, 0.3) is 5.91 Å². The Morgan fingerprint density at radius 2 is 2.10 bits per heavy atom. The second-order valence-electron chi connectivity index (χ2n) is 5.48. The molecule has 1 aliphatic carbocycles. The number of benzene rings is 1. The Hall–Kier alpha value is -0.920. The van der Waals surface area contributed by atoms with Crippen LogP contribution in [-0.2, 0) is 10.0 Å². The molecule has 2 aliphatic rings. The van der Waals surface area contributed by atoms with Crippen LogP contribution in [-0.4, -0.2) is 31.8 Å². The first kappa shape index (κ1) is 14.0. The van der Waals surface area contributed by atoms with Crippen molar-refractivity contribution in [2.24, 2.45) is 11.1 Å². The Morgan fingerprint density at radius 1 is 1.35 bits per heavy atom. The molecule has 0 spiro atoms. The number of sulfonamides is 1. The first-order valence-electron chi connectivity index (χ1n) is 6.49. The van der Waals surface area contributed by atoms with Gasteiger partial charge in [0.2, 0.25) is 10.0 Å². The minimum absolute atomic E-state index is 0.0484. The predicted molar refractivity (Wildman–Crippen MR) is 77.7 cm³/mol. The van der Waals surface area contributed by atoms with E-state index in [4.69, 9.17) is 5.14 Å². The van der Waals surface area contributed by atoms with Crippen LogP contribution in [0, 0.1) is 5.92 Å². The van der Waals surface area contributed by atoms with Crippen LogP contribution in [0.5, 0.6) is 0 Å². The van der Waals surface area contributed by atoms with Crippen molar-refractivity contribution in [2.75, 3.05) is 6.54 Å². The van der Waals surface area contributed by atoms with Gasteiger partial charge in [-0.05, 0) is 59.3 Å². The van der Waals surface area contributed by atoms with E-state index in [1.54, 1.807) is 12.1 Å². The van der Waals surface area contributed by atoms with E-state index in [9.17, 15) is 13.2 Å². The van der Waals surface area contributed by atoms with Crippen LogP contribution in [0.1, 0.15) is 29.6 Å². The zero-order chi connectivity index (χ0) is 14.5. The first-order chi connectivity index (χ1) is 9.36. The molecule has 1 saturated heterocycles. The molecule has 2 N–H and O–H groups in total. The third-order valence-corrected chi connectivity index (χ3v) is 6.06. The number of hydrogen-bond donors (Lipinski definition) is 1. The molecule has 0 radical (unpaired) electrons. The number of carbonyl (C=O) groups excluding carboxylic acids is 1. The minimum Gasteiger partial charge on any atom is -0.335 e. The van der Waals surface area contributed by atoms with Crippen molar-refractivity contribution in [3.05, 3.63) is 28.2 Å². The normalized spacial score (nSPS) is 25.2. The van der Waals surface area contributed by atoms with Crippen molar-refractivity contribution in [1.29, 1.82) is 0 Å². The van der Waals surface area contributed by atoms with Gasteiger partial charge in [0.15, 0.2) is 0 Å². The van der Waals surface area contributed by atoms with Gasteiger partial charge in [-0.25, -0.2) is 13.6 Å². The Morgan fingerprint density at radius 3 is 2.65 bits per heavy atom. The van der Waals surface area contributed by atoms with Crippen LogP contribution < -0.4 is 5.14 Å². The topological polar surface area (TPSA) is 80.5 Å². The quantitative estimate of drug-likeness (QED) is 0.873. The highest BCUT2D eigenvalue weighted by Gasteiger charge is 2.40. The van der Waals surface area contributed by atoms with Gasteiger partial charge in [0.1, 0.15) is 0 Å². The van der Waals surface area contributed by atoms with E-state index in [1.807, 2.05) is 4.90 Å². The first-order valence-corrected chi connectivity index (χ1v) is 8.83. The lowest BCUT2D eigenvalue weighted by atomic mass is 10.1. The van der Waals surface area contributed by atoms with Crippen LogP contribution in [0.3, 0.4) is 0 Å². The van der Waals surface area contributed by atoms with E-state index < -0.39 is 10.0 Å². The number of amides is 1. The molecule has 1 amide bonds. The molecule has 1 aliphatic heterocycles. The maximum Gasteiger partial charge on any atom is 0.254 e. The number of piperidine rings is 1. The van der Waals surface area contributed by atoms with Crippen molar-refractivity contribution >= 4 is 31.9 Å². The van der Waals surface area contributed by atoms with Gasteiger partial charge < -0.3 is 4.90 Å². The Bertz CT molecular complexity index is 674. The van der Waals surface area contributed by atoms with Crippen molar-refractivity contribution in [3.8, 4) is 0 Å². The summed E-state index contributed by atoms with van der Waals surface area (Å²) in [6.07, 6.45) is 3.32.